The predicted octanol–water partition coefficient (Wildman–Crippen LogP) is 6.60. The summed E-state index contributed by atoms with van der Waals surface area (Å²) in [7, 11) is 0. The molecule has 49 heavy (non-hydrogen) atoms. The molecule has 1 unspecified atom stereocenters. The van der Waals surface area contributed by atoms with Crippen LogP contribution in [0.3, 0.4) is 0 Å². The normalized spacial score (nSPS) is 15.7. The van der Waals surface area contributed by atoms with Crippen LogP contribution in [0.25, 0.3) is 10.8 Å². The van der Waals surface area contributed by atoms with Crippen molar-refractivity contribution in [2.75, 3.05) is 63.9 Å². The first-order valence-corrected chi connectivity index (χ1v) is 17.2. The highest BCUT2D eigenvalue weighted by Crippen LogP contribution is 2.49. The van der Waals surface area contributed by atoms with Gasteiger partial charge in [-0.3, -0.25) is 9.69 Å². The fourth-order valence-electron chi connectivity index (χ4n) is 6.12. The quantitative estimate of drug-likeness (QED) is 0.167. The van der Waals surface area contributed by atoms with Gasteiger partial charge < -0.3 is 24.6 Å². The van der Waals surface area contributed by atoms with E-state index in [1.54, 1.807) is 12.1 Å². The van der Waals surface area contributed by atoms with Crippen molar-refractivity contribution in [1.29, 1.82) is 0 Å². The molecule has 0 spiro atoms. The molecule has 2 aliphatic rings. The standard InChI is InChI=1S/C37H39F3N4O4S/c1-26(45)41-25-33(48-30-13-11-27-7-2-3-8-28(27)23-30)36(46)47-22-21-43-19-17-42(18-20-43)15-6-16-44-31-9-4-5-10-34(31)49-35-14-12-29(24-32(35)44)37(38,39)40/h2-5,7-14,23-24,33H,6,15-22,25H2,1H3,(H,41,45). The number of hydrogen-bond acceptors (Lipinski definition) is 8. The molecule has 0 saturated carbocycles. The van der Waals surface area contributed by atoms with Crippen LogP contribution in [-0.2, 0) is 20.5 Å². The zero-order valence-corrected chi connectivity index (χ0v) is 28.1. The molecule has 1 amide bonds. The molecule has 12 heteroatoms. The smallest absolute Gasteiger partial charge is 0.416 e. The number of hydrogen-bond donors (Lipinski definition) is 1. The maximum Gasteiger partial charge on any atom is 0.416 e. The Balaban J connectivity index is 0.967. The molecule has 8 nitrogen and oxygen atoms in total. The van der Waals surface area contributed by atoms with Gasteiger partial charge in [-0.15, -0.1) is 0 Å². The highest BCUT2D eigenvalue weighted by atomic mass is 32.2. The van der Waals surface area contributed by atoms with Crippen molar-refractivity contribution in [1.82, 2.24) is 15.1 Å². The van der Waals surface area contributed by atoms with Gasteiger partial charge in [0, 0.05) is 56.0 Å². The third kappa shape index (κ3) is 8.86. The van der Waals surface area contributed by atoms with E-state index >= 15 is 0 Å². The Morgan fingerprint density at radius 3 is 2.27 bits per heavy atom. The molecule has 0 aliphatic carbocycles. The molecular formula is C37H39F3N4O4S. The zero-order chi connectivity index (χ0) is 34.4. The van der Waals surface area contributed by atoms with Gasteiger partial charge in [0.05, 0.1) is 23.5 Å². The van der Waals surface area contributed by atoms with Gasteiger partial charge in [0.1, 0.15) is 12.4 Å². The number of halogens is 3. The lowest BCUT2D eigenvalue weighted by Gasteiger charge is -2.36. The molecule has 6 rings (SSSR count). The first kappa shape index (κ1) is 34.6. The summed E-state index contributed by atoms with van der Waals surface area (Å²) in [6.07, 6.45) is -4.60. The number of nitrogens with one attached hydrogen (secondary N) is 1. The first-order chi connectivity index (χ1) is 23.6. The Morgan fingerprint density at radius 2 is 1.51 bits per heavy atom. The highest BCUT2D eigenvalue weighted by molar-refractivity contribution is 7.99. The van der Waals surface area contributed by atoms with Crippen molar-refractivity contribution in [2.24, 2.45) is 0 Å². The number of carbonyl (C=O) groups excluding carboxylic acids is 2. The number of alkyl halides is 3. The van der Waals surface area contributed by atoms with Gasteiger partial charge in [0.2, 0.25) is 12.0 Å². The largest absolute Gasteiger partial charge is 0.477 e. The van der Waals surface area contributed by atoms with Gasteiger partial charge in [-0.25, -0.2) is 4.79 Å². The second kappa shape index (κ2) is 15.5. The number of fused-ring (bicyclic) bond motifs is 3. The van der Waals surface area contributed by atoms with Crippen molar-refractivity contribution in [2.45, 2.75) is 35.4 Å². The molecule has 0 bridgehead atoms. The van der Waals surface area contributed by atoms with Crippen LogP contribution in [0.15, 0.2) is 94.7 Å². The zero-order valence-electron chi connectivity index (χ0n) is 27.2. The Bertz CT molecular complexity index is 1780. The lowest BCUT2D eigenvalue weighted by Crippen LogP contribution is -2.48. The summed E-state index contributed by atoms with van der Waals surface area (Å²) in [5, 5.41) is 4.69. The van der Waals surface area contributed by atoms with E-state index in [2.05, 4.69) is 15.1 Å². The van der Waals surface area contributed by atoms with Crippen molar-refractivity contribution in [3.05, 3.63) is 90.5 Å². The van der Waals surface area contributed by atoms with Gasteiger partial charge in [0.25, 0.3) is 0 Å². The van der Waals surface area contributed by atoms with E-state index in [-0.39, 0.29) is 19.1 Å². The number of para-hydroxylation sites is 1. The fraction of sp³-hybridized carbons (Fsp3) is 0.351. The molecular weight excluding hydrogens is 653 g/mol. The first-order valence-electron chi connectivity index (χ1n) is 16.4. The predicted molar refractivity (Wildman–Crippen MR) is 185 cm³/mol. The summed E-state index contributed by atoms with van der Waals surface area (Å²) >= 11 is 1.50. The van der Waals surface area contributed by atoms with Crippen LogP contribution in [-0.4, -0.2) is 86.7 Å². The number of rotatable bonds is 12. The van der Waals surface area contributed by atoms with Gasteiger partial charge >= 0.3 is 12.1 Å². The van der Waals surface area contributed by atoms with Crippen LogP contribution >= 0.6 is 11.8 Å². The SMILES string of the molecule is CC(=O)NCC(Oc1ccc2ccccc2c1)C(=O)OCCN1CCN(CCCN2c3ccccc3Sc3ccc(C(F)(F)F)cc32)CC1. The average Bonchev–Trinajstić information content (AvgIpc) is 3.09. The van der Waals surface area contributed by atoms with Gasteiger partial charge in [-0.1, -0.05) is 54.2 Å². The van der Waals surface area contributed by atoms with Crippen molar-refractivity contribution in [3.8, 4) is 5.75 Å². The summed E-state index contributed by atoms with van der Waals surface area (Å²) < 4.78 is 52.2. The van der Waals surface area contributed by atoms with Crippen LogP contribution in [0.1, 0.15) is 18.9 Å². The number of piperazine rings is 1. The van der Waals surface area contributed by atoms with E-state index in [1.807, 2.05) is 65.6 Å². The fourth-order valence-corrected chi connectivity index (χ4v) is 7.19. The second-order valence-electron chi connectivity index (χ2n) is 12.2. The summed E-state index contributed by atoms with van der Waals surface area (Å²) in [4.78, 5) is 33.0. The number of benzene rings is 4. The molecule has 2 aliphatic heterocycles. The van der Waals surface area contributed by atoms with Crippen molar-refractivity contribution in [3.63, 3.8) is 0 Å². The minimum atomic E-state index is -4.40. The topological polar surface area (TPSA) is 74.3 Å². The van der Waals surface area contributed by atoms with Gasteiger partial charge in [0.15, 0.2) is 0 Å². The molecule has 1 fully saturated rings. The highest BCUT2D eigenvalue weighted by Gasteiger charge is 2.33. The lowest BCUT2D eigenvalue weighted by molar-refractivity contribution is -0.152. The van der Waals surface area contributed by atoms with Crippen LogP contribution in [0.4, 0.5) is 24.5 Å². The molecule has 4 aromatic rings. The third-order valence-corrected chi connectivity index (χ3v) is 9.85. The minimum Gasteiger partial charge on any atom is -0.477 e. The van der Waals surface area contributed by atoms with Crippen molar-refractivity contribution < 1.29 is 32.2 Å². The Kier molecular flexibility index (Phi) is 11.0. The van der Waals surface area contributed by atoms with E-state index < -0.39 is 23.8 Å². The molecule has 4 aromatic carbocycles. The Morgan fingerprint density at radius 1 is 0.816 bits per heavy atom. The molecule has 258 valence electrons. The summed E-state index contributed by atoms with van der Waals surface area (Å²) in [6, 6.07) is 25.2. The number of amides is 1. The van der Waals surface area contributed by atoms with Crippen LogP contribution in [0.2, 0.25) is 0 Å². The van der Waals surface area contributed by atoms with Crippen molar-refractivity contribution >= 4 is 45.8 Å². The van der Waals surface area contributed by atoms with E-state index in [1.165, 1.54) is 24.8 Å². The number of anilines is 2. The van der Waals surface area contributed by atoms with E-state index in [9.17, 15) is 22.8 Å². The number of esters is 1. The Hall–Kier alpha value is -4.26. The molecule has 1 saturated heterocycles. The molecule has 2 heterocycles. The molecule has 0 radical (unpaired) electrons. The summed E-state index contributed by atoms with van der Waals surface area (Å²) in [5.74, 6) is -0.291. The average molecular weight is 693 g/mol. The molecule has 0 aromatic heterocycles. The number of carbonyl (C=O) groups is 2. The van der Waals surface area contributed by atoms with Crippen LogP contribution in [0, 0.1) is 0 Å². The maximum absolute atomic E-state index is 13.6. The number of ether oxygens (including phenoxy) is 2. The molecule has 1 N–H and O–H groups in total. The monoisotopic (exact) mass is 692 g/mol. The lowest BCUT2D eigenvalue weighted by atomic mass is 10.1. The summed E-state index contributed by atoms with van der Waals surface area (Å²) in [5.41, 5.74) is 0.888. The second-order valence-corrected chi connectivity index (χ2v) is 13.2. The van der Waals surface area contributed by atoms with Gasteiger partial charge in [-0.05, 0) is 66.2 Å². The third-order valence-electron chi connectivity index (χ3n) is 8.72. The Labute approximate surface area is 288 Å². The number of nitrogens with zero attached hydrogens (tertiary/aromatic N) is 3. The molecule has 1 atom stereocenters. The van der Waals surface area contributed by atoms with E-state index in [0.29, 0.717) is 24.5 Å². The summed E-state index contributed by atoms with van der Waals surface area (Å²) in [6.45, 7) is 6.86. The van der Waals surface area contributed by atoms with Gasteiger partial charge in [-0.2, -0.15) is 13.2 Å². The maximum atomic E-state index is 13.6. The van der Waals surface area contributed by atoms with Crippen LogP contribution < -0.4 is 15.0 Å². The minimum absolute atomic E-state index is 0.00338. The van der Waals surface area contributed by atoms with Crippen LogP contribution in [0.5, 0.6) is 5.75 Å². The van der Waals surface area contributed by atoms with E-state index in [4.69, 9.17) is 9.47 Å². The van der Waals surface area contributed by atoms with E-state index in [0.717, 1.165) is 71.5 Å².